The number of esters is 2. The second-order valence-electron chi connectivity index (χ2n) is 26.2. The highest BCUT2D eigenvalue weighted by Gasteiger charge is 2.76. The predicted molar refractivity (Wildman–Crippen MR) is 272 cm³/mol. The first kappa shape index (κ1) is 62.3. The molecule has 0 amide bonds. The first-order valence-corrected chi connectivity index (χ1v) is 28.0. The summed E-state index contributed by atoms with van der Waals surface area (Å²) in [5.74, 6) is -4.49. The number of rotatable bonds is 14. The minimum Gasteiger partial charge on any atom is -0.479 e. The Kier molecular flexibility index (Phi) is 17.6. The highest BCUT2D eigenvalue weighted by atomic mass is 16.8. The molecule has 450 valence electrons. The molecule has 26 atom stereocenters. The van der Waals surface area contributed by atoms with E-state index < -0.39 is 199 Å². The summed E-state index contributed by atoms with van der Waals surface area (Å²) >= 11 is 0. The van der Waals surface area contributed by atoms with Crippen molar-refractivity contribution in [2.75, 3.05) is 19.8 Å². The van der Waals surface area contributed by atoms with Crippen LogP contribution in [0.2, 0.25) is 0 Å². The van der Waals surface area contributed by atoms with E-state index in [-0.39, 0.29) is 11.8 Å². The highest BCUT2D eigenvalue weighted by Crippen LogP contribution is 2.76. The van der Waals surface area contributed by atoms with Gasteiger partial charge in [0.1, 0.15) is 67.1 Å². The standard InChI is InChI=1S/C56H88O23/c1-12-24(4)47(71)78-43-44(79-46(70)23(2)3)56(22-59)26(19-51(43,5)6)25-13-14-30-53(9)17-16-31(52(7,8)29(53)15-18-54(30,10)55(25,11)41(66)42(56)67)74-50-40(77-49-36(64)34(62)32(60)27(20-57)72-49)38(37(65)39(76-50)45(68)69)75-48-35(63)33(61)28(21-58)73-48/h12-13,23,26-44,48-50,57-67H,14-22H2,1-11H3,(H,68,69)/b24-12-/t26-,27+,28-,29-,30+,31-,32-,33+,34-,35+,36+,37-,38-,39-,40+,41-,42+,43-,44-,48-,49-,50+,53-,54+,55-,56-/m0/s1. The molecule has 3 heterocycles. The fourth-order valence-electron chi connectivity index (χ4n) is 16.2. The van der Waals surface area contributed by atoms with E-state index in [1.54, 1.807) is 33.8 Å². The van der Waals surface area contributed by atoms with E-state index in [2.05, 4.69) is 19.9 Å². The van der Waals surface area contributed by atoms with E-state index in [0.29, 0.717) is 44.1 Å². The van der Waals surface area contributed by atoms with Crippen LogP contribution in [0.3, 0.4) is 0 Å². The Bertz CT molecular complexity index is 2310. The molecular weight excluding hydrogens is 1040 g/mol. The maximum Gasteiger partial charge on any atom is 0.335 e. The van der Waals surface area contributed by atoms with Crippen LogP contribution < -0.4 is 0 Å². The molecule has 0 aromatic carbocycles. The van der Waals surface area contributed by atoms with Gasteiger partial charge in [0, 0.05) is 16.4 Å². The van der Waals surface area contributed by atoms with Gasteiger partial charge in [-0.2, -0.15) is 0 Å². The Hall–Kier alpha value is -2.79. The van der Waals surface area contributed by atoms with Gasteiger partial charge in [-0.3, -0.25) is 4.79 Å². The molecule has 0 spiro atoms. The van der Waals surface area contributed by atoms with Gasteiger partial charge >= 0.3 is 17.9 Å². The smallest absolute Gasteiger partial charge is 0.335 e. The number of ether oxygens (including phenoxy) is 8. The fourth-order valence-corrected chi connectivity index (χ4v) is 16.2. The number of carboxylic acids is 1. The van der Waals surface area contributed by atoms with Crippen molar-refractivity contribution in [2.24, 2.45) is 56.2 Å². The van der Waals surface area contributed by atoms with Crippen LogP contribution in [0, 0.1) is 56.2 Å². The summed E-state index contributed by atoms with van der Waals surface area (Å²) in [6, 6.07) is 0. The van der Waals surface area contributed by atoms with Gasteiger partial charge in [-0.05, 0) is 86.4 Å². The molecule has 79 heavy (non-hydrogen) atoms. The normalized spacial score (nSPS) is 49.4. The molecule has 8 rings (SSSR count). The number of hydrogen-bond donors (Lipinski definition) is 12. The van der Waals surface area contributed by atoms with Crippen LogP contribution in [-0.4, -0.2) is 216 Å². The zero-order chi connectivity index (χ0) is 58.6. The molecule has 0 aromatic rings. The Morgan fingerprint density at radius 3 is 1.84 bits per heavy atom. The van der Waals surface area contributed by atoms with Crippen molar-refractivity contribution in [2.45, 2.75) is 231 Å². The topological polar surface area (TPSA) is 368 Å². The molecule has 0 unspecified atom stereocenters. The molecule has 8 aliphatic rings. The van der Waals surface area contributed by atoms with Gasteiger partial charge in [0.15, 0.2) is 31.1 Å². The van der Waals surface area contributed by atoms with Crippen molar-refractivity contribution in [1.29, 1.82) is 0 Å². The molecule has 23 heteroatoms. The third kappa shape index (κ3) is 9.76. The summed E-state index contributed by atoms with van der Waals surface area (Å²) in [4.78, 5) is 40.1. The molecular formula is C56H88O23. The minimum absolute atomic E-state index is 0.145. The average Bonchev–Trinajstić information content (AvgIpc) is 3.77. The Labute approximate surface area is 460 Å². The van der Waals surface area contributed by atoms with Crippen molar-refractivity contribution >= 4 is 17.9 Å². The number of carbonyl (C=O) groups excluding carboxylic acids is 2. The summed E-state index contributed by atoms with van der Waals surface area (Å²) in [6.45, 7) is 18.5. The monoisotopic (exact) mass is 1130 g/mol. The van der Waals surface area contributed by atoms with Crippen molar-refractivity contribution in [3.05, 3.63) is 23.3 Å². The summed E-state index contributed by atoms with van der Waals surface area (Å²) in [5.41, 5.74) is -4.56. The van der Waals surface area contributed by atoms with Gasteiger partial charge in [-0.1, -0.05) is 80.0 Å². The number of fused-ring (bicyclic) bond motifs is 7. The molecule has 3 saturated heterocycles. The van der Waals surface area contributed by atoms with Crippen LogP contribution in [0.4, 0.5) is 0 Å². The number of aliphatic carboxylic acids is 1. The Morgan fingerprint density at radius 2 is 1.28 bits per heavy atom. The van der Waals surface area contributed by atoms with Crippen LogP contribution in [0.1, 0.15) is 115 Å². The molecule has 23 nitrogen and oxygen atoms in total. The lowest BCUT2D eigenvalue weighted by Gasteiger charge is -2.73. The molecule has 0 radical (unpaired) electrons. The molecule has 0 aromatic heterocycles. The molecule has 7 fully saturated rings. The number of hydrogen-bond acceptors (Lipinski definition) is 22. The largest absolute Gasteiger partial charge is 0.479 e. The maximum atomic E-state index is 13.7. The molecule has 3 aliphatic heterocycles. The lowest BCUT2D eigenvalue weighted by Crippen LogP contribution is -2.76. The number of carboxylic acid groups (broad SMARTS) is 1. The van der Waals surface area contributed by atoms with Gasteiger partial charge in [-0.15, -0.1) is 0 Å². The van der Waals surface area contributed by atoms with E-state index in [1.165, 1.54) is 0 Å². The second-order valence-corrected chi connectivity index (χ2v) is 26.2. The van der Waals surface area contributed by atoms with Crippen molar-refractivity contribution < 1.29 is 114 Å². The average molecular weight is 1130 g/mol. The quantitative estimate of drug-likeness (QED) is 0.0470. The lowest BCUT2D eigenvalue weighted by atomic mass is 9.32. The zero-order valence-electron chi connectivity index (χ0n) is 47.2. The summed E-state index contributed by atoms with van der Waals surface area (Å²) in [5, 5.41) is 134. The first-order valence-electron chi connectivity index (χ1n) is 28.0. The lowest BCUT2D eigenvalue weighted by molar-refractivity contribution is -0.386. The Balaban J connectivity index is 1.14. The van der Waals surface area contributed by atoms with Crippen LogP contribution in [-0.2, 0) is 52.3 Å². The molecule has 4 saturated carbocycles. The summed E-state index contributed by atoms with van der Waals surface area (Å²) in [7, 11) is 0. The number of allylic oxidation sites excluding steroid dienone is 2. The van der Waals surface area contributed by atoms with Crippen molar-refractivity contribution in [3.63, 3.8) is 0 Å². The van der Waals surface area contributed by atoms with Crippen molar-refractivity contribution in [3.8, 4) is 0 Å². The van der Waals surface area contributed by atoms with E-state index in [9.17, 15) is 75.7 Å². The van der Waals surface area contributed by atoms with Crippen molar-refractivity contribution in [1.82, 2.24) is 0 Å². The highest BCUT2D eigenvalue weighted by molar-refractivity contribution is 5.87. The van der Waals surface area contributed by atoms with E-state index >= 15 is 0 Å². The van der Waals surface area contributed by atoms with E-state index in [0.717, 1.165) is 5.57 Å². The van der Waals surface area contributed by atoms with E-state index in [4.69, 9.17) is 37.9 Å². The number of aliphatic hydroxyl groups excluding tert-OH is 11. The Morgan fingerprint density at radius 1 is 0.696 bits per heavy atom. The van der Waals surface area contributed by atoms with Crippen LogP contribution in [0.15, 0.2) is 23.3 Å². The fraction of sp³-hybridized carbons (Fsp3) is 0.875. The van der Waals surface area contributed by atoms with Crippen LogP contribution >= 0.6 is 0 Å². The zero-order valence-corrected chi connectivity index (χ0v) is 47.2. The third-order valence-electron chi connectivity index (χ3n) is 21.1. The predicted octanol–water partition coefficient (Wildman–Crippen LogP) is -0.0475. The molecule has 5 aliphatic carbocycles. The second kappa shape index (κ2) is 22.3. The van der Waals surface area contributed by atoms with Crippen LogP contribution in [0.25, 0.3) is 0 Å². The van der Waals surface area contributed by atoms with E-state index in [1.807, 2.05) is 34.6 Å². The van der Waals surface area contributed by atoms with Gasteiger partial charge in [-0.25, -0.2) is 9.59 Å². The first-order chi connectivity index (χ1) is 36.8. The SMILES string of the molecule is C/C=C(/C)C(=O)O[C@H]1[C@H](OC(=O)C(C)C)[C@]2(CO)[C@H](O)[C@H](O)[C@]3(C)C(=CC[C@@H]4[C@@]5(C)CC[C@H](O[C@@H]6O[C@H](C(=O)O)[C@@H](O)[C@H](O[C@@H]7O[C@@H](CO)[C@@H](O)[C@H]7O)[C@H]6O[C@@H]6O[C@H](CO)[C@H](O)[C@H](O)[C@H]6O)C(C)(C)[C@@H]5CC[C@]43C)[C@@H]2CC1(C)C. The van der Waals surface area contributed by atoms with Gasteiger partial charge in [0.25, 0.3) is 0 Å². The molecule has 0 bridgehead atoms. The number of carbonyl (C=O) groups is 3. The number of aliphatic hydroxyl groups is 11. The summed E-state index contributed by atoms with van der Waals surface area (Å²) < 4.78 is 49.0. The van der Waals surface area contributed by atoms with Gasteiger partial charge in [0.2, 0.25) is 0 Å². The van der Waals surface area contributed by atoms with Gasteiger partial charge in [0.05, 0.1) is 49.5 Å². The van der Waals surface area contributed by atoms with Gasteiger partial charge < -0.3 is 99.2 Å². The summed E-state index contributed by atoms with van der Waals surface area (Å²) in [6.07, 6.45) is -25.3. The maximum absolute atomic E-state index is 13.7. The third-order valence-corrected chi connectivity index (χ3v) is 21.1. The van der Waals surface area contributed by atoms with Crippen LogP contribution in [0.5, 0.6) is 0 Å². The molecule has 12 N–H and O–H groups in total. The minimum atomic E-state index is -2.12.